The molecule has 88 valence electrons. The van der Waals surface area contributed by atoms with Crippen molar-refractivity contribution in [3.05, 3.63) is 0 Å². The Hall–Kier alpha value is -0.0400. The van der Waals surface area contributed by atoms with E-state index in [4.69, 9.17) is 0 Å². The van der Waals surface area contributed by atoms with Crippen molar-refractivity contribution in [1.29, 1.82) is 0 Å². The average molecular weight is 209 g/mol. The fraction of sp³-hybridized carbons (Fsp3) is 1.00. The second kappa shape index (κ2) is 4.45. The molecule has 1 heteroatoms. The van der Waals surface area contributed by atoms with Gasteiger partial charge in [0.2, 0.25) is 0 Å². The minimum absolute atomic E-state index is 0.684. The molecule has 0 aromatic heterocycles. The lowest BCUT2D eigenvalue weighted by atomic mass is 9.86. The maximum Gasteiger partial charge on any atom is 0.00674 e. The Morgan fingerprint density at radius 3 is 2.20 bits per heavy atom. The molecule has 2 saturated carbocycles. The predicted molar refractivity (Wildman–Crippen MR) is 65.9 cm³/mol. The van der Waals surface area contributed by atoms with Gasteiger partial charge in [0, 0.05) is 12.6 Å². The summed E-state index contributed by atoms with van der Waals surface area (Å²) in [7, 11) is 0. The molecule has 0 atom stereocenters. The van der Waals surface area contributed by atoms with Crippen LogP contribution in [0, 0.1) is 17.3 Å². The zero-order chi connectivity index (χ0) is 10.9. The maximum absolute atomic E-state index is 3.83. The minimum atomic E-state index is 0.684. The first-order valence-corrected chi connectivity index (χ1v) is 6.86. The predicted octanol–water partition coefficient (Wildman–Crippen LogP) is 3.59. The van der Waals surface area contributed by atoms with Gasteiger partial charge in [0.05, 0.1) is 0 Å². The topological polar surface area (TPSA) is 12.0 Å². The minimum Gasteiger partial charge on any atom is -0.313 e. The zero-order valence-corrected chi connectivity index (χ0v) is 10.7. The number of rotatable bonds is 4. The summed E-state index contributed by atoms with van der Waals surface area (Å²) in [5.74, 6) is 1.84. The van der Waals surface area contributed by atoms with Crippen molar-refractivity contribution in [2.24, 2.45) is 17.3 Å². The Labute approximate surface area is 95.0 Å². The Bertz CT molecular complexity index is 197. The monoisotopic (exact) mass is 209 g/mol. The van der Waals surface area contributed by atoms with E-state index in [0.717, 1.165) is 17.9 Å². The van der Waals surface area contributed by atoms with Crippen LogP contribution in [0.15, 0.2) is 0 Å². The standard InChI is InChI=1S/C14H27N/c1-11(2)14(8-9-14)10-15-13-6-4-12(3)5-7-13/h11-13,15H,4-10H2,1-3H3. The van der Waals surface area contributed by atoms with E-state index in [1.54, 1.807) is 0 Å². The second-order valence-electron chi connectivity index (χ2n) is 6.35. The molecule has 0 saturated heterocycles. The summed E-state index contributed by atoms with van der Waals surface area (Å²) in [6.07, 6.45) is 8.62. The summed E-state index contributed by atoms with van der Waals surface area (Å²) in [6, 6.07) is 0.831. The van der Waals surface area contributed by atoms with Crippen LogP contribution in [-0.2, 0) is 0 Å². The van der Waals surface area contributed by atoms with E-state index in [2.05, 4.69) is 26.1 Å². The fourth-order valence-electron chi connectivity index (χ4n) is 2.93. The Morgan fingerprint density at radius 2 is 1.73 bits per heavy atom. The third-order valence-corrected chi connectivity index (χ3v) is 4.88. The lowest BCUT2D eigenvalue weighted by Gasteiger charge is -2.30. The van der Waals surface area contributed by atoms with E-state index in [-0.39, 0.29) is 0 Å². The highest BCUT2D eigenvalue weighted by Gasteiger charge is 2.45. The Kier molecular flexibility index (Phi) is 3.39. The Morgan fingerprint density at radius 1 is 1.13 bits per heavy atom. The second-order valence-corrected chi connectivity index (χ2v) is 6.35. The number of hydrogen-bond donors (Lipinski definition) is 1. The van der Waals surface area contributed by atoms with Gasteiger partial charge in [0.1, 0.15) is 0 Å². The molecular weight excluding hydrogens is 182 g/mol. The van der Waals surface area contributed by atoms with E-state index in [1.165, 1.54) is 45.1 Å². The van der Waals surface area contributed by atoms with Crippen LogP contribution in [0.2, 0.25) is 0 Å². The van der Waals surface area contributed by atoms with Gasteiger partial charge in [-0.2, -0.15) is 0 Å². The van der Waals surface area contributed by atoms with Gasteiger partial charge >= 0.3 is 0 Å². The third kappa shape index (κ3) is 2.75. The van der Waals surface area contributed by atoms with Gasteiger partial charge in [-0.1, -0.05) is 20.8 Å². The van der Waals surface area contributed by atoms with Crippen LogP contribution in [0.4, 0.5) is 0 Å². The quantitative estimate of drug-likeness (QED) is 0.746. The molecule has 0 aliphatic heterocycles. The van der Waals surface area contributed by atoms with Crippen molar-refractivity contribution in [3.8, 4) is 0 Å². The largest absolute Gasteiger partial charge is 0.313 e. The molecule has 2 aliphatic rings. The number of hydrogen-bond acceptors (Lipinski definition) is 1. The van der Waals surface area contributed by atoms with E-state index in [0.29, 0.717) is 5.41 Å². The van der Waals surface area contributed by atoms with Crippen molar-refractivity contribution < 1.29 is 0 Å². The smallest absolute Gasteiger partial charge is 0.00674 e. The number of nitrogens with one attached hydrogen (secondary N) is 1. The van der Waals surface area contributed by atoms with Gasteiger partial charge in [0.15, 0.2) is 0 Å². The summed E-state index contributed by atoms with van der Waals surface area (Å²) < 4.78 is 0. The van der Waals surface area contributed by atoms with Crippen LogP contribution in [0.3, 0.4) is 0 Å². The van der Waals surface area contributed by atoms with Crippen LogP contribution in [-0.4, -0.2) is 12.6 Å². The van der Waals surface area contributed by atoms with Crippen molar-refractivity contribution in [3.63, 3.8) is 0 Å². The highest BCUT2D eigenvalue weighted by atomic mass is 14.9. The van der Waals surface area contributed by atoms with Crippen LogP contribution >= 0.6 is 0 Å². The highest BCUT2D eigenvalue weighted by molar-refractivity contribution is 4.97. The molecule has 0 unspecified atom stereocenters. The zero-order valence-electron chi connectivity index (χ0n) is 10.7. The molecule has 2 fully saturated rings. The van der Waals surface area contributed by atoms with Crippen molar-refractivity contribution in [2.45, 2.75) is 65.3 Å². The van der Waals surface area contributed by atoms with Gasteiger partial charge in [-0.3, -0.25) is 0 Å². The SMILES string of the molecule is CC1CCC(NCC2(C(C)C)CC2)CC1. The van der Waals surface area contributed by atoms with Crippen LogP contribution in [0.25, 0.3) is 0 Å². The summed E-state index contributed by atoms with van der Waals surface area (Å²) in [6.45, 7) is 8.45. The summed E-state index contributed by atoms with van der Waals surface area (Å²) in [4.78, 5) is 0. The molecule has 2 aliphatic carbocycles. The highest BCUT2D eigenvalue weighted by Crippen LogP contribution is 2.51. The van der Waals surface area contributed by atoms with E-state index in [1.807, 2.05) is 0 Å². The first-order chi connectivity index (χ1) is 7.12. The normalized spacial score (nSPS) is 34.4. The van der Waals surface area contributed by atoms with Crippen LogP contribution in [0.5, 0.6) is 0 Å². The van der Waals surface area contributed by atoms with Crippen LogP contribution in [0.1, 0.15) is 59.3 Å². The van der Waals surface area contributed by atoms with Gasteiger partial charge in [0.25, 0.3) is 0 Å². The molecule has 1 nitrogen and oxygen atoms in total. The molecule has 15 heavy (non-hydrogen) atoms. The molecule has 0 radical (unpaired) electrons. The first-order valence-electron chi connectivity index (χ1n) is 6.86. The first kappa shape index (κ1) is 11.4. The molecule has 0 aromatic carbocycles. The summed E-state index contributed by atoms with van der Waals surface area (Å²) in [5.41, 5.74) is 0.684. The van der Waals surface area contributed by atoms with E-state index in [9.17, 15) is 0 Å². The molecular formula is C14H27N. The van der Waals surface area contributed by atoms with Crippen LogP contribution < -0.4 is 5.32 Å². The van der Waals surface area contributed by atoms with Crippen molar-refractivity contribution in [1.82, 2.24) is 5.32 Å². The average Bonchev–Trinajstić information content (AvgIpc) is 2.98. The summed E-state index contributed by atoms with van der Waals surface area (Å²) in [5, 5.41) is 3.83. The van der Waals surface area contributed by atoms with Gasteiger partial charge in [-0.05, 0) is 55.8 Å². The fourth-order valence-corrected chi connectivity index (χ4v) is 2.93. The van der Waals surface area contributed by atoms with E-state index >= 15 is 0 Å². The molecule has 0 aromatic rings. The summed E-state index contributed by atoms with van der Waals surface area (Å²) >= 11 is 0. The van der Waals surface area contributed by atoms with E-state index < -0.39 is 0 Å². The van der Waals surface area contributed by atoms with Gasteiger partial charge in [-0.15, -0.1) is 0 Å². The van der Waals surface area contributed by atoms with Crippen molar-refractivity contribution in [2.75, 3.05) is 6.54 Å². The van der Waals surface area contributed by atoms with Crippen molar-refractivity contribution >= 4 is 0 Å². The lowest BCUT2D eigenvalue weighted by molar-refractivity contribution is 0.266. The third-order valence-electron chi connectivity index (χ3n) is 4.88. The molecule has 0 spiro atoms. The Balaban J connectivity index is 1.70. The molecule has 0 bridgehead atoms. The molecule has 0 heterocycles. The van der Waals surface area contributed by atoms with Gasteiger partial charge in [-0.25, -0.2) is 0 Å². The maximum atomic E-state index is 3.83. The lowest BCUT2D eigenvalue weighted by Crippen LogP contribution is -2.38. The molecule has 0 amide bonds. The molecule has 1 N–H and O–H groups in total. The van der Waals surface area contributed by atoms with Gasteiger partial charge < -0.3 is 5.32 Å². The molecule has 2 rings (SSSR count).